The number of nitrogens with one attached hydrogen (secondary N) is 1. The number of nitrogens with zero attached hydrogens (tertiary/aromatic N) is 3. The number of hydrogen-bond acceptors (Lipinski definition) is 4. The molecule has 0 amide bonds. The van der Waals surface area contributed by atoms with Crippen LogP contribution < -0.4 is 5.32 Å². The highest BCUT2D eigenvalue weighted by molar-refractivity contribution is 5.36. The first kappa shape index (κ1) is 13.3. The summed E-state index contributed by atoms with van der Waals surface area (Å²) in [5.41, 5.74) is 1.34. The largest absolute Gasteiger partial charge is 0.373 e. The third kappa shape index (κ3) is 3.43. The lowest BCUT2D eigenvalue weighted by Crippen LogP contribution is -2.37. The van der Waals surface area contributed by atoms with Crippen molar-refractivity contribution < 1.29 is 0 Å². The molecule has 4 nitrogen and oxygen atoms in total. The second-order valence-corrected chi connectivity index (χ2v) is 5.23. The normalized spacial score (nSPS) is 22.7. The summed E-state index contributed by atoms with van der Waals surface area (Å²) in [7, 11) is 4.13. The van der Waals surface area contributed by atoms with Crippen LogP contribution in [0.4, 0.5) is 5.82 Å². The number of aromatic nitrogens is 1. The van der Waals surface area contributed by atoms with Crippen LogP contribution in [0.1, 0.15) is 18.9 Å². The van der Waals surface area contributed by atoms with Crippen LogP contribution in [0.5, 0.6) is 0 Å². The summed E-state index contributed by atoms with van der Waals surface area (Å²) in [4.78, 5) is 9.26. The van der Waals surface area contributed by atoms with E-state index in [1.165, 1.54) is 25.1 Å². The molecule has 1 fully saturated rings. The summed E-state index contributed by atoms with van der Waals surface area (Å²) in [5, 5.41) is 3.10. The van der Waals surface area contributed by atoms with Crippen LogP contribution in [0.25, 0.3) is 0 Å². The van der Waals surface area contributed by atoms with Gasteiger partial charge in [-0.2, -0.15) is 0 Å². The zero-order valence-corrected chi connectivity index (χ0v) is 11.7. The molecule has 1 aromatic heterocycles. The Morgan fingerprint density at radius 1 is 1.44 bits per heavy atom. The van der Waals surface area contributed by atoms with Crippen LogP contribution in [-0.4, -0.2) is 54.6 Å². The van der Waals surface area contributed by atoms with Gasteiger partial charge >= 0.3 is 0 Å². The fourth-order valence-electron chi connectivity index (χ4n) is 2.60. The van der Waals surface area contributed by atoms with E-state index < -0.39 is 0 Å². The van der Waals surface area contributed by atoms with Crippen molar-refractivity contribution in [2.75, 3.05) is 39.0 Å². The molecule has 2 heterocycles. The van der Waals surface area contributed by atoms with E-state index >= 15 is 0 Å². The van der Waals surface area contributed by atoms with Gasteiger partial charge in [0.1, 0.15) is 5.82 Å². The van der Waals surface area contributed by atoms with Gasteiger partial charge in [-0.1, -0.05) is 0 Å². The van der Waals surface area contributed by atoms with Gasteiger partial charge in [0.2, 0.25) is 0 Å². The molecule has 2 rings (SSSR count). The Labute approximate surface area is 110 Å². The second-order valence-electron chi connectivity index (χ2n) is 5.23. The topological polar surface area (TPSA) is 31.4 Å². The fraction of sp³-hybridized carbons (Fsp3) is 0.643. The average Bonchev–Trinajstić information content (AvgIpc) is 2.52. The van der Waals surface area contributed by atoms with Crippen molar-refractivity contribution in [3.8, 4) is 0 Å². The molecular formula is C14H24N4. The third-order valence-corrected chi connectivity index (χ3v) is 3.65. The number of anilines is 1. The van der Waals surface area contributed by atoms with Crippen LogP contribution in [-0.2, 0) is 6.54 Å². The van der Waals surface area contributed by atoms with Gasteiger partial charge in [-0.15, -0.1) is 0 Å². The molecule has 1 aliphatic heterocycles. The Hall–Kier alpha value is -1.13. The highest BCUT2D eigenvalue weighted by atomic mass is 15.2. The molecule has 1 aromatic rings. The summed E-state index contributed by atoms with van der Waals surface area (Å²) in [6.45, 7) is 6.89. The van der Waals surface area contributed by atoms with E-state index in [0.717, 1.165) is 18.9 Å². The van der Waals surface area contributed by atoms with Crippen molar-refractivity contribution in [1.82, 2.24) is 14.8 Å². The first-order valence-electron chi connectivity index (χ1n) is 6.74. The molecule has 1 atom stereocenters. The van der Waals surface area contributed by atoms with E-state index in [2.05, 4.69) is 46.2 Å². The minimum Gasteiger partial charge on any atom is -0.373 e. The molecular weight excluding hydrogens is 224 g/mol. The van der Waals surface area contributed by atoms with E-state index in [-0.39, 0.29) is 0 Å². The summed E-state index contributed by atoms with van der Waals surface area (Å²) in [6, 6.07) is 4.87. The standard InChI is InChI=1S/C14H24N4/c1-12-10-17(3)7-4-8-18(12)11-13-5-6-16-14(9-13)15-2/h5-6,9,12H,4,7-8,10-11H2,1-3H3,(H,15,16). The van der Waals surface area contributed by atoms with Gasteiger partial charge in [-0.3, -0.25) is 4.90 Å². The van der Waals surface area contributed by atoms with E-state index in [9.17, 15) is 0 Å². The summed E-state index contributed by atoms with van der Waals surface area (Å²) < 4.78 is 0. The molecule has 18 heavy (non-hydrogen) atoms. The van der Waals surface area contributed by atoms with E-state index in [1.54, 1.807) is 0 Å². The van der Waals surface area contributed by atoms with Gasteiger partial charge in [0.15, 0.2) is 0 Å². The Morgan fingerprint density at radius 2 is 2.28 bits per heavy atom. The maximum atomic E-state index is 4.26. The first-order chi connectivity index (χ1) is 8.69. The third-order valence-electron chi connectivity index (χ3n) is 3.65. The van der Waals surface area contributed by atoms with Crippen molar-refractivity contribution in [3.05, 3.63) is 23.9 Å². The highest BCUT2D eigenvalue weighted by Gasteiger charge is 2.19. The predicted molar refractivity (Wildman–Crippen MR) is 75.8 cm³/mol. The molecule has 0 radical (unpaired) electrons. The molecule has 0 spiro atoms. The zero-order chi connectivity index (χ0) is 13.0. The number of hydrogen-bond donors (Lipinski definition) is 1. The highest BCUT2D eigenvalue weighted by Crippen LogP contribution is 2.14. The average molecular weight is 248 g/mol. The lowest BCUT2D eigenvalue weighted by molar-refractivity contribution is 0.194. The molecule has 1 N–H and O–H groups in total. The molecule has 0 bridgehead atoms. The Bertz CT molecular complexity index is 380. The molecule has 1 saturated heterocycles. The number of likely N-dealkylation sites (N-methyl/N-ethyl adjacent to an activating group) is 1. The van der Waals surface area contributed by atoms with Crippen LogP contribution in [0.2, 0.25) is 0 Å². The van der Waals surface area contributed by atoms with Crippen LogP contribution in [0, 0.1) is 0 Å². The Morgan fingerprint density at radius 3 is 3.06 bits per heavy atom. The van der Waals surface area contributed by atoms with Crippen molar-refractivity contribution in [3.63, 3.8) is 0 Å². The molecule has 4 heteroatoms. The monoisotopic (exact) mass is 248 g/mol. The van der Waals surface area contributed by atoms with Gasteiger partial charge in [-0.25, -0.2) is 4.98 Å². The van der Waals surface area contributed by atoms with Crippen molar-refractivity contribution >= 4 is 5.82 Å². The van der Waals surface area contributed by atoms with E-state index in [1.807, 2.05) is 13.2 Å². The fourth-order valence-corrected chi connectivity index (χ4v) is 2.60. The SMILES string of the molecule is CNc1cc(CN2CCCN(C)CC2C)ccn1. The predicted octanol–water partition coefficient (Wildman–Crippen LogP) is 1.65. The second kappa shape index (κ2) is 6.16. The van der Waals surface area contributed by atoms with Crippen LogP contribution >= 0.6 is 0 Å². The van der Waals surface area contributed by atoms with Crippen LogP contribution in [0.3, 0.4) is 0 Å². The molecule has 1 unspecified atom stereocenters. The zero-order valence-electron chi connectivity index (χ0n) is 11.7. The molecule has 0 saturated carbocycles. The maximum absolute atomic E-state index is 4.26. The maximum Gasteiger partial charge on any atom is 0.125 e. The molecule has 1 aliphatic rings. The minimum atomic E-state index is 0.615. The van der Waals surface area contributed by atoms with E-state index in [0.29, 0.717) is 6.04 Å². The van der Waals surface area contributed by atoms with E-state index in [4.69, 9.17) is 0 Å². The number of rotatable bonds is 3. The molecule has 0 aromatic carbocycles. The van der Waals surface area contributed by atoms with Gasteiger partial charge in [-0.05, 0) is 44.6 Å². The van der Waals surface area contributed by atoms with Gasteiger partial charge in [0.25, 0.3) is 0 Å². The van der Waals surface area contributed by atoms with Crippen molar-refractivity contribution in [2.24, 2.45) is 0 Å². The first-order valence-corrected chi connectivity index (χ1v) is 6.74. The van der Waals surface area contributed by atoms with Gasteiger partial charge in [0.05, 0.1) is 0 Å². The minimum absolute atomic E-state index is 0.615. The summed E-state index contributed by atoms with van der Waals surface area (Å²) >= 11 is 0. The lowest BCUT2D eigenvalue weighted by atomic mass is 10.2. The molecule has 0 aliphatic carbocycles. The van der Waals surface area contributed by atoms with Gasteiger partial charge in [0, 0.05) is 38.9 Å². The quantitative estimate of drug-likeness (QED) is 0.881. The van der Waals surface area contributed by atoms with Crippen LogP contribution in [0.15, 0.2) is 18.3 Å². The Kier molecular flexibility index (Phi) is 4.55. The molecule has 100 valence electrons. The Balaban J connectivity index is 2.02. The van der Waals surface area contributed by atoms with Crippen molar-refractivity contribution in [2.45, 2.75) is 25.9 Å². The summed E-state index contributed by atoms with van der Waals surface area (Å²) in [5.74, 6) is 0.951. The number of pyridine rings is 1. The lowest BCUT2D eigenvalue weighted by Gasteiger charge is -2.27. The van der Waals surface area contributed by atoms with Gasteiger partial charge < -0.3 is 10.2 Å². The smallest absolute Gasteiger partial charge is 0.125 e. The van der Waals surface area contributed by atoms with Crippen molar-refractivity contribution in [1.29, 1.82) is 0 Å². The summed E-state index contributed by atoms with van der Waals surface area (Å²) in [6.07, 6.45) is 3.14.